The second-order valence-corrected chi connectivity index (χ2v) is 3.87. The highest BCUT2D eigenvalue weighted by molar-refractivity contribution is 7.87. The molecule has 0 fully saturated rings. The van der Waals surface area contributed by atoms with Crippen molar-refractivity contribution in [3.05, 3.63) is 0 Å². The minimum atomic E-state index is -4.28. The van der Waals surface area contributed by atoms with Crippen molar-refractivity contribution in [2.75, 3.05) is 0 Å². The minimum Gasteiger partial charge on any atom is -0.412 e. The SMILES string of the molecule is C.CC(C)(O)S(=O)(=O)O.O. The molecule has 0 aromatic carbocycles. The zero-order valence-corrected chi connectivity index (χ0v) is 5.94. The Morgan fingerprint density at radius 2 is 1.40 bits per heavy atom. The monoisotopic (exact) mass is 174 g/mol. The standard InChI is InChI=1S/C3H8O4S.CH4.H2O/c1-3(2,4)8(5,6)7;;/h4H,1-2H3,(H,5,6,7);1H4;1H2. The molecule has 66 valence electrons. The maximum absolute atomic E-state index is 9.96. The highest BCUT2D eigenvalue weighted by atomic mass is 32.2. The van der Waals surface area contributed by atoms with Crippen LogP contribution in [-0.4, -0.2) is 28.5 Å². The molecule has 6 heteroatoms. The van der Waals surface area contributed by atoms with Crippen LogP contribution in [0.2, 0.25) is 0 Å². The number of rotatable bonds is 1. The quantitative estimate of drug-likeness (QED) is 0.518. The highest BCUT2D eigenvalue weighted by Gasteiger charge is 2.28. The van der Waals surface area contributed by atoms with Crippen LogP contribution in [-0.2, 0) is 10.1 Å². The van der Waals surface area contributed by atoms with Crippen molar-refractivity contribution in [3.63, 3.8) is 0 Å². The predicted octanol–water partition coefficient (Wildman–Crippen LogP) is -0.586. The Kier molecular flexibility index (Phi) is 6.36. The van der Waals surface area contributed by atoms with Crippen LogP contribution in [0.15, 0.2) is 0 Å². The normalized spacial score (nSPS) is 11.2. The summed E-state index contributed by atoms with van der Waals surface area (Å²) >= 11 is 0. The molecule has 0 aliphatic heterocycles. The molecule has 0 saturated heterocycles. The summed E-state index contributed by atoms with van der Waals surface area (Å²) in [5, 5.41) is 8.52. The Morgan fingerprint density at radius 1 is 1.30 bits per heavy atom. The van der Waals surface area contributed by atoms with Crippen LogP contribution in [0.1, 0.15) is 21.3 Å². The van der Waals surface area contributed by atoms with E-state index in [1.165, 1.54) is 0 Å². The molecule has 5 nitrogen and oxygen atoms in total. The molecule has 0 aromatic heterocycles. The van der Waals surface area contributed by atoms with Gasteiger partial charge in [0.2, 0.25) is 0 Å². The summed E-state index contributed by atoms with van der Waals surface area (Å²) in [6.45, 7) is 1.98. The van der Waals surface area contributed by atoms with E-state index in [9.17, 15) is 8.42 Å². The first-order valence-electron chi connectivity index (χ1n) is 1.94. The lowest BCUT2D eigenvalue weighted by atomic mass is 10.5. The zero-order chi connectivity index (χ0) is 7.00. The molecule has 0 aliphatic carbocycles. The first-order chi connectivity index (χ1) is 3.25. The van der Waals surface area contributed by atoms with Crippen LogP contribution >= 0.6 is 0 Å². The van der Waals surface area contributed by atoms with Gasteiger partial charge in [0.25, 0.3) is 10.1 Å². The molecule has 0 aromatic rings. The second kappa shape index (κ2) is 3.87. The second-order valence-electron chi connectivity index (χ2n) is 1.92. The average Bonchev–Trinajstić information content (AvgIpc) is 1.25. The van der Waals surface area contributed by atoms with Crippen LogP contribution in [0.25, 0.3) is 0 Å². The molecular weight excluding hydrogens is 160 g/mol. The summed E-state index contributed by atoms with van der Waals surface area (Å²) in [5.74, 6) is 0. The zero-order valence-electron chi connectivity index (χ0n) is 5.12. The van der Waals surface area contributed by atoms with Gasteiger partial charge in [-0.2, -0.15) is 8.42 Å². The van der Waals surface area contributed by atoms with E-state index in [4.69, 9.17) is 9.66 Å². The van der Waals surface area contributed by atoms with Gasteiger partial charge in [-0.1, -0.05) is 7.43 Å². The third-order valence-corrected chi connectivity index (χ3v) is 1.89. The first kappa shape index (κ1) is 16.4. The molecule has 0 amide bonds. The molecule has 10 heavy (non-hydrogen) atoms. The average molecular weight is 174 g/mol. The number of hydrogen-bond donors (Lipinski definition) is 2. The topological polar surface area (TPSA) is 106 Å². The van der Waals surface area contributed by atoms with Gasteiger partial charge in [-0.3, -0.25) is 4.55 Å². The fourth-order valence-electron chi connectivity index (χ4n) is 0. The molecule has 0 radical (unpaired) electrons. The molecule has 0 saturated carbocycles. The van der Waals surface area contributed by atoms with E-state index in [0.717, 1.165) is 13.8 Å². The van der Waals surface area contributed by atoms with E-state index < -0.39 is 15.1 Å². The lowest BCUT2D eigenvalue weighted by molar-refractivity contribution is 0.152. The van der Waals surface area contributed by atoms with Crippen molar-refractivity contribution in [1.29, 1.82) is 0 Å². The van der Waals surface area contributed by atoms with E-state index in [1.54, 1.807) is 0 Å². The Balaban J connectivity index is -0.000000245. The molecule has 0 aliphatic rings. The molecule has 4 N–H and O–H groups in total. The molecule has 0 rings (SSSR count). The maximum Gasteiger partial charge on any atom is 0.294 e. The van der Waals surface area contributed by atoms with Crippen LogP contribution in [0, 0.1) is 0 Å². The van der Waals surface area contributed by atoms with Crippen molar-refractivity contribution in [2.45, 2.75) is 26.2 Å². The van der Waals surface area contributed by atoms with Crippen LogP contribution in [0.3, 0.4) is 0 Å². The minimum absolute atomic E-state index is 0. The van der Waals surface area contributed by atoms with Gasteiger partial charge in [-0.25, -0.2) is 0 Å². The summed E-state index contributed by atoms with van der Waals surface area (Å²) in [7, 11) is -4.28. The summed E-state index contributed by atoms with van der Waals surface area (Å²) in [5.41, 5.74) is 0. The van der Waals surface area contributed by atoms with E-state index >= 15 is 0 Å². The summed E-state index contributed by atoms with van der Waals surface area (Å²) in [6, 6.07) is 0. The van der Waals surface area contributed by atoms with Crippen LogP contribution in [0.4, 0.5) is 0 Å². The van der Waals surface area contributed by atoms with E-state index in [1.807, 2.05) is 0 Å². The third kappa shape index (κ3) is 4.68. The summed E-state index contributed by atoms with van der Waals surface area (Å²) < 4.78 is 28.0. The molecular formula is C4H14O5S. The van der Waals surface area contributed by atoms with E-state index in [2.05, 4.69) is 0 Å². The van der Waals surface area contributed by atoms with Crippen LogP contribution < -0.4 is 0 Å². The Labute approximate surface area is 60.7 Å². The molecule has 0 atom stereocenters. The summed E-state index contributed by atoms with van der Waals surface area (Å²) in [4.78, 5) is -2.03. The highest BCUT2D eigenvalue weighted by Crippen LogP contribution is 2.07. The largest absolute Gasteiger partial charge is 0.412 e. The first-order valence-corrected chi connectivity index (χ1v) is 3.38. The van der Waals surface area contributed by atoms with Crippen molar-refractivity contribution >= 4 is 10.1 Å². The maximum atomic E-state index is 9.96. The van der Waals surface area contributed by atoms with Crippen molar-refractivity contribution in [3.8, 4) is 0 Å². The van der Waals surface area contributed by atoms with Gasteiger partial charge in [-0.15, -0.1) is 0 Å². The third-order valence-electron chi connectivity index (χ3n) is 0.631. The predicted molar refractivity (Wildman–Crippen MR) is 38.2 cm³/mol. The van der Waals surface area contributed by atoms with Gasteiger partial charge >= 0.3 is 0 Å². The van der Waals surface area contributed by atoms with Gasteiger partial charge in [0, 0.05) is 0 Å². The Hall–Kier alpha value is -0.170. The van der Waals surface area contributed by atoms with Gasteiger partial charge < -0.3 is 10.6 Å². The van der Waals surface area contributed by atoms with Crippen molar-refractivity contribution in [2.24, 2.45) is 0 Å². The Morgan fingerprint density at radius 3 is 1.40 bits per heavy atom. The Bertz CT molecular complexity index is 163. The molecule has 0 unspecified atom stereocenters. The van der Waals surface area contributed by atoms with Gasteiger partial charge in [-0.05, 0) is 13.8 Å². The smallest absolute Gasteiger partial charge is 0.294 e. The van der Waals surface area contributed by atoms with E-state index in [0.29, 0.717) is 0 Å². The fourth-order valence-corrected chi connectivity index (χ4v) is 0. The summed E-state index contributed by atoms with van der Waals surface area (Å²) in [6.07, 6.45) is 0. The van der Waals surface area contributed by atoms with E-state index in [-0.39, 0.29) is 12.9 Å². The lowest BCUT2D eigenvalue weighted by Crippen LogP contribution is -2.30. The number of hydrogen-bond acceptors (Lipinski definition) is 3. The van der Waals surface area contributed by atoms with Crippen LogP contribution in [0.5, 0.6) is 0 Å². The van der Waals surface area contributed by atoms with Gasteiger partial charge in [0.05, 0.1) is 0 Å². The van der Waals surface area contributed by atoms with Crippen molar-refractivity contribution < 1.29 is 23.6 Å². The fraction of sp³-hybridized carbons (Fsp3) is 1.00. The lowest BCUT2D eigenvalue weighted by Gasteiger charge is -2.10. The molecule has 0 heterocycles. The van der Waals surface area contributed by atoms with Gasteiger partial charge in [0.15, 0.2) is 4.93 Å². The molecule has 0 spiro atoms. The number of aliphatic hydroxyl groups is 1. The van der Waals surface area contributed by atoms with Crippen molar-refractivity contribution in [1.82, 2.24) is 0 Å². The molecule has 0 bridgehead atoms. The van der Waals surface area contributed by atoms with Gasteiger partial charge in [0.1, 0.15) is 0 Å².